The smallest absolute Gasteiger partial charge is 0.327 e. The van der Waals surface area contributed by atoms with Crippen molar-refractivity contribution in [3.05, 3.63) is 27.8 Å². The summed E-state index contributed by atoms with van der Waals surface area (Å²) in [6, 6.07) is 5.56. The fourth-order valence-corrected chi connectivity index (χ4v) is 3.11. The van der Waals surface area contributed by atoms with E-state index in [4.69, 9.17) is 5.11 Å². The van der Waals surface area contributed by atoms with Gasteiger partial charge in [0.05, 0.1) is 11.4 Å². The number of carbonyl (C=O) groups is 1. The molecule has 1 aromatic carbocycles. The van der Waals surface area contributed by atoms with Crippen molar-refractivity contribution in [1.82, 2.24) is 0 Å². The number of nitrogens with zero attached hydrogens (tertiary/aromatic N) is 1. The number of hydrogen-bond acceptors (Lipinski definition) is 3. The Labute approximate surface area is 120 Å². The van der Waals surface area contributed by atoms with Gasteiger partial charge in [0.25, 0.3) is 0 Å². The molecule has 0 saturated heterocycles. The largest absolute Gasteiger partial charge is 0.480 e. The van der Waals surface area contributed by atoms with Crippen LogP contribution in [0.4, 0.5) is 5.69 Å². The summed E-state index contributed by atoms with van der Waals surface area (Å²) in [5.41, 5.74) is 0.368. The highest BCUT2D eigenvalue weighted by molar-refractivity contribution is 14.1. The van der Waals surface area contributed by atoms with Gasteiger partial charge < -0.3 is 5.11 Å². The summed E-state index contributed by atoms with van der Waals surface area (Å²) < 4.78 is 25.9. The average molecular weight is 383 g/mol. The zero-order valence-corrected chi connectivity index (χ0v) is 13.0. The van der Waals surface area contributed by atoms with Crippen molar-refractivity contribution >= 4 is 44.3 Å². The summed E-state index contributed by atoms with van der Waals surface area (Å²) in [5, 5.41) is 9.02. The normalized spacial score (nSPS) is 13.1. The first kappa shape index (κ1) is 15.2. The lowest BCUT2D eigenvalue weighted by Gasteiger charge is -2.27. The minimum Gasteiger partial charge on any atom is -0.480 e. The lowest BCUT2D eigenvalue weighted by Crippen LogP contribution is -2.44. The van der Waals surface area contributed by atoms with Crippen LogP contribution < -0.4 is 4.31 Å². The standard InChI is InChI=1S/C11H14INO4S/c1-3-18(16,17)13(8(2)11(14)15)10-6-4-9(12)5-7-10/h4-8H,3H2,1-2H3,(H,14,15). The number of carboxylic acids is 1. The summed E-state index contributed by atoms with van der Waals surface area (Å²) >= 11 is 2.10. The van der Waals surface area contributed by atoms with Crippen LogP contribution in [0.1, 0.15) is 13.8 Å². The van der Waals surface area contributed by atoms with Gasteiger partial charge in [-0.2, -0.15) is 0 Å². The lowest BCUT2D eigenvalue weighted by molar-refractivity contribution is -0.137. The molecule has 0 fully saturated rings. The Morgan fingerprint density at radius 3 is 2.28 bits per heavy atom. The van der Waals surface area contributed by atoms with Crippen molar-refractivity contribution in [3.63, 3.8) is 0 Å². The second kappa shape index (κ2) is 5.87. The molecule has 100 valence electrons. The molecule has 0 bridgehead atoms. The van der Waals surface area contributed by atoms with Crippen molar-refractivity contribution in [2.24, 2.45) is 0 Å². The van der Waals surface area contributed by atoms with Gasteiger partial charge in [-0.25, -0.2) is 13.2 Å². The molecule has 0 radical (unpaired) electrons. The van der Waals surface area contributed by atoms with Gasteiger partial charge in [0.15, 0.2) is 0 Å². The van der Waals surface area contributed by atoms with Crippen LogP contribution in [0.5, 0.6) is 0 Å². The molecule has 5 nitrogen and oxygen atoms in total. The van der Waals surface area contributed by atoms with Gasteiger partial charge in [-0.1, -0.05) is 0 Å². The summed E-state index contributed by atoms with van der Waals surface area (Å²) in [5.74, 6) is -1.32. The Bertz CT molecular complexity index is 526. The number of hydrogen-bond donors (Lipinski definition) is 1. The lowest BCUT2D eigenvalue weighted by atomic mass is 10.2. The Morgan fingerprint density at radius 2 is 1.89 bits per heavy atom. The average Bonchev–Trinajstić information content (AvgIpc) is 2.31. The predicted molar refractivity (Wildman–Crippen MR) is 78.2 cm³/mol. The van der Waals surface area contributed by atoms with Crippen LogP contribution in [0.25, 0.3) is 0 Å². The van der Waals surface area contributed by atoms with E-state index in [1.807, 2.05) is 0 Å². The first-order valence-corrected chi connectivity index (χ1v) is 7.99. The van der Waals surface area contributed by atoms with Gasteiger partial charge in [-0.05, 0) is 60.7 Å². The van der Waals surface area contributed by atoms with Crippen molar-refractivity contribution in [2.45, 2.75) is 19.9 Å². The maximum Gasteiger partial charge on any atom is 0.327 e. The molecule has 0 spiro atoms. The van der Waals surface area contributed by atoms with Crippen LogP contribution >= 0.6 is 22.6 Å². The Kier molecular flexibility index (Phi) is 4.97. The number of carboxylic acid groups (broad SMARTS) is 1. The first-order valence-electron chi connectivity index (χ1n) is 5.30. The molecule has 0 saturated carbocycles. The fraction of sp³-hybridized carbons (Fsp3) is 0.364. The zero-order chi connectivity index (χ0) is 13.9. The van der Waals surface area contributed by atoms with Gasteiger partial charge in [0, 0.05) is 3.57 Å². The summed E-state index contributed by atoms with van der Waals surface area (Å²) in [6.45, 7) is 2.84. The van der Waals surface area contributed by atoms with E-state index < -0.39 is 22.0 Å². The molecule has 1 rings (SSSR count). The van der Waals surface area contributed by atoms with Gasteiger partial charge in [0.2, 0.25) is 10.0 Å². The minimum atomic E-state index is -3.62. The molecular weight excluding hydrogens is 369 g/mol. The van der Waals surface area contributed by atoms with Gasteiger partial charge in [-0.3, -0.25) is 4.31 Å². The molecule has 0 amide bonds. The molecule has 0 aliphatic heterocycles. The first-order chi connectivity index (χ1) is 8.29. The fourth-order valence-electron chi connectivity index (χ4n) is 1.45. The topological polar surface area (TPSA) is 74.7 Å². The number of sulfonamides is 1. The molecular formula is C11H14INO4S. The van der Waals surface area contributed by atoms with E-state index in [2.05, 4.69) is 22.6 Å². The van der Waals surface area contributed by atoms with E-state index in [1.54, 1.807) is 24.3 Å². The quantitative estimate of drug-likeness (QED) is 0.789. The number of aliphatic carboxylic acids is 1. The van der Waals surface area contributed by atoms with Crippen LogP contribution in [-0.2, 0) is 14.8 Å². The second-order valence-electron chi connectivity index (χ2n) is 3.69. The minimum absolute atomic E-state index is 0.142. The van der Waals surface area contributed by atoms with Crippen molar-refractivity contribution in [3.8, 4) is 0 Å². The highest BCUT2D eigenvalue weighted by Crippen LogP contribution is 2.22. The predicted octanol–water partition coefficient (Wildman–Crippen LogP) is 1.92. The molecule has 0 aromatic heterocycles. The second-order valence-corrected chi connectivity index (χ2v) is 7.07. The van der Waals surface area contributed by atoms with Crippen molar-refractivity contribution in [2.75, 3.05) is 10.1 Å². The summed E-state index contributed by atoms with van der Waals surface area (Å²) in [6.07, 6.45) is 0. The summed E-state index contributed by atoms with van der Waals surface area (Å²) in [4.78, 5) is 11.0. The number of halogens is 1. The Balaban J connectivity index is 3.29. The molecule has 7 heteroatoms. The van der Waals surface area contributed by atoms with Crippen LogP contribution in [0.3, 0.4) is 0 Å². The third-order valence-electron chi connectivity index (χ3n) is 2.45. The van der Waals surface area contributed by atoms with Gasteiger partial charge in [-0.15, -0.1) is 0 Å². The Hall–Kier alpha value is -0.830. The molecule has 1 aromatic rings. The third kappa shape index (κ3) is 3.35. The maximum atomic E-state index is 12.0. The Morgan fingerprint density at radius 1 is 1.39 bits per heavy atom. The molecule has 0 aliphatic rings. The molecule has 1 atom stereocenters. The maximum absolute atomic E-state index is 12.0. The van der Waals surface area contributed by atoms with Crippen LogP contribution in [0.2, 0.25) is 0 Å². The molecule has 1 unspecified atom stereocenters. The van der Waals surface area contributed by atoms with Gasteiger partial charge >= 0.3 is 5.97 Å². The SMILES string of the molecule is CCS(=O)(=O)N(c1ccc(I)cc1)C(C)C(=O)O. The number of anilines is 1. The van der Waals surface area contributed by atoms with Gasteiger partial charge in [0.1, 0.15) is 6.04 Å². The highest BCUT2D eigenvalue weighted by atomic mass is 127. The molecule has 0 aliphatic carbocycles. The van der Waals surface area contributed by atoms with E-state index in [1.165, 1.54) is 13.8 Å². The third-order valence-corrected chi connectivity index (χ3v) is 5.03. The van der Waals surface area contributed by atoms with E-state index in [0.29, 0.717) is 5.69 Å². The summed E-state index contributed by atoms with van der Waals surface area (Å²) in [7, 11) is -3.62. The monoisotopic (exact) mass is 383 g/mol. The highest BCUT2D eigenvalue weighted by Gasteiger charge is 2.30. The van der Waals surface area contributed by atoms with Crippen molar-refractivity contribution < 1.29 is 18.3 Å². The van der Waals surface area contributed by atoms with E-state index in [9.17, 15) is 13.2 Å². The van der Waals surface area contributed by atoms with Crippen LogP contribution in [0.15, 0.2) is 24.3 Å². The zero-order valence-electron chi connectivity index (χ0n) is 10.00. The molecule has 1 N–H and O–H groups in total. The molecule has 18 heavy (non-hydrogen) atoms. The van der Waals surface area contributed by atoms with Crippen molar-refractivity contribution in [1.29, 1.82) is 0 Å². The van der Waals surface area contributed by atoms with E-state index >= 15 is 0 Å². The number of rotatable bonds is 5. The van der Waals surface area contributed by atoms with Crippen LogP contribution in [-0.4, -0.2) is 31.3 Å². The van der Waals surface area contributed by atoms with E-state index in [0.717, 1.165) is 7.88 Å². The molecule has 0 heterocycles. The van der Waals surface area contributed by atoms with E-state index in [-0.39, 0.29) is 5.75 Å². The number of benzene rings is 1. The van der Waals surface area contributed by atoms with Crippen LogP contribution in [0, 0.1) is 3.57 Å².